The van der Waals surface area contributed by atoms with Gasteiger partial charge in [-0.3, -0.25) is 9.59 Å². The fraction of sp³-hybridized carbons (Fsp3) is 0. The van der Waals surface area contributed by atoms with Crippen molar-refractivity contribution in [3.8, 4) is 5.75 Å². The fourth-order valence-corrected chi connectivity index (χ4v) is 3.18. The summed E-state index contributed by atoms with van der Waals surface area (Å²) in [5, 5.41) is 18.5. The minimum absolute atomic E-state index is 0.0483. The topological polar surface area (TPSA) is 90.8 Å². The van der Waals surface area contributed by atoms with E-state index in [9.17, 15) is 19.1 Å². The smallest absolute Gasteiger partial charge is 0.271 e. The third kappa shape index (κ3) is 4.62. The van der Waals surface area contributed by atoms with E-state index < -0.39 is 17.6 Å². The van der Waals surface area contributed by atoms with Crippen molar-refractivity contribution in [2.45, 2.75) is 0 Å². The van der Waals surface area contributed by atoms with E-state index in [0.717, 1.165) is 10.8 Å². The summed E-state index contributed by atoms with van der Waals surface area (Å²) in [5.41, 5.74) is 3.89. The van der Waals surface area contributed by atoms with Crippen LogP contribution in [0, 0.1) is 5.82 Å². The third-order valence-electron chi connectivity index (χ3n) is 4.80. The Labute approximate surface area is 183 Å². The maximum atomic E-state index is 13.0. The first kappa shape index (κ1) is 20.7. The van der Waals surface area contributed by atoms with Crippen LogP contribution in [0.1, 0.15) is 26.3 Å². The van der Waals surface area contributed by atoms with Crippen LogP contribution < -0.4 is 10.7 Å². The molecule has 0 spiro atoms. The van der Waals surface area contributed by atoms with Crippen molar-refractivity contribution in [2.24, 2.45) is 5.10 Å². The standard InChI is InChI=1S/C25H18FN3O3/c26-19-11-8-17(9-12-19)24(31)28-20-6-3-5-18(14-20)25(32)29-27-15-22-21-7-2-1-4-16(21)10-13-23(22)30/h1-15,30H,(H,28,31)(H,29,32). The number of halogens is 1. The number of hydrogen-bond donors (Lipinski definition) is 3. The van der Waals surface area contributed by atoms with Crippen molar-refractivity contribution in [2.75, 3.05) is 5.32 Å². The maximum absolute atomic E-state index is 13.0. The van der Waals surface area contributed by atoms with Gasteiger partial charge in [-0.1, -0.05) is 36.4 Å². The highest BCUT2D eigenvalue weighted by molar-refractivity contribution is 6.05. The zero-order chi connectivity index (χ0) is 22.5. The lowest BCUT2D eigenvalue weighted by atomic mass is 10.0. The van der Waals surface area contributed by atoms with Gasteiger partial charge in [-0.15, -0.1) is 0 Å². The highest BCUT2D eigenvalue weighted by atomic mass is 19.1. The summed E-state index contributed by atoms with van der Waals surface area (Å²) >= 11 is 0. The van der Waals surface area contributed by atoms with Gasteiger partial charge in [0.25, 0.3) is 11.8 Å². The van der Waals surface area contributed by atoms with Gasteiger partial charge in [0.05, 0.1) is 6.21 Å². The molecule has 0 fully saturated rings. The van der Waals surface area contributed by atoms with E-state index in [1.54, 1.807) is 30.3 Å². The predicted octanol–water partition coefficient (Wildman–Crippen LogP) is 4.70. The van der Waals surface area contributed by atoms with E-state index >= 15 is 0 Å². The molecule has 7 heteroatoms. The number of benzene rings is 4. The van der Waals surface area contributed by atoms with Crippen LogP contribution in [0.2, 0.25) is 0 Å². The van der Waals surface area contributed by atoms with Crippen LogP contribution in [0.3, 0.4) is 0 Å². The Morgan fingerprint density at radius 2 is 1.62 bits per heavy atom. The summed E-state index contributed by atoms with van der Waals surface area (Å²) in [7, 11) is 0. The largest absolute Gasteiger partial charge is 0.507 e. The number of carbonyl (C=O) groups excluding carboxylic acids is 2. The molecule has 0 unspecified atom stereocenters. The molecule has 2 amide bonds. The number of rotatable bonds is 5. The van der Waals surface area contributed by atoms with Gasteiger partial charge in [-0.05, 0) is 59.3 Å². The van der Waals surface area contributed by atoms with Crippen molar-refractivity contribution in [1.29, 1.82) is 0 Å². The second-order valence-electron chi connectivity index (χ2n) is 6.96. The molecular formula is C25H18FN3O3. The molecular weight excluding hydrogens is 409 g/mol. The molecule has 0 saturated heterocycles. The van der Waals surface area contributed by atoms with Crippen molar-refractivity contribution in [3.05, 3.63) is 107 Å². The quantitative estimate of drug-likeness (QED) is 0.318. The van der Waals surface area contributed by atoms with Gasteiger partial charge in [-0.25, -0.2) is 9.82 Å². The lowest BCUT2D eigenvalue weighted by molar-refractivity contribution is 0.0953. The van der Waals surface area contributed by atoms with Crippen LogP contribution in [0.4, 0.5) is 10.1 Å². The zero-order valence-corrected chi connectivity index (χ0v) is 16.7. The highest BCUT2D eigenvalue weighted by Gasteiger charge is 2.10. The van der Waals surface area contributed by atoms with Crippen LogP contribution >= 0.6 is 0 Å². The molecule has 0 atom stereocenters. The Morgan fingerprint density at radius 1 is 0.844 bits per heavy atom. The van der Waals surface area contributed by atoms with Crippen LogP contribution in [-0.4, -0.2) is 23.1 Å². The van der Waals surface area contributed by atoms with Gasteiger partial charge in [0.15, 0.2) is 0 Å². The SMILES string of the molecule is O=C(NN=Cc1c(O)ccc2ccccc12)c1cccc(NC(=O)c2ccc(F)cc2)c1. The minimum atomic E-state index is -0.487. The van der Waals surface area contributed by atoms with Gasteiger partial charge in [0.1, 0.15) is 11.6 Å². The Kier molecular flexibility index (Phi) is 5.89. The van der Waals surface area contributed by atoms with Gasteiger partial charge in [-0.2, -0.15) is 5.10 Å². The second-order valence-corrected chi connectivity index (χ2v) is 6.96. The molecule has 0 heterocycles. The molecule has 0 aromatic heterocycles. The third-order valence-corrected chi connectivity index (χ3v) is 4.80. The van der Waals surface area contributed by atoms with Crippen LogP contribution in [0.25, 0.3) is 10.8 Å². The zero-order valence-electron chi connectivity index (χ0n) is 16.7. The number of nitrogens with one attached hydrogen (secondary N) is 2. The lowest BCUT2D eigenvalue weighted by Gasteiger charge is -2.07. The number of phenols is 1. The molecule has 0 saturated carbocycles. The average Bonchev–Trinajstić information content (AvgIpc) is 2.81. The van der Waals surface area contributed by atoms with E-state index in [4.69, 9.17) is 0 Å². The van der Waals surface area contributed by atoms with Gasteiger partial charge in [0, 0.05) is 22.4 Å². The number of phenolic OH excluding ortho intramolecular Hbond substituents is 1. The minimum Gasteiger partial charge on any atom is -0.507 e. The van der Waals surface area contributed by atoms with Crippen molar-refractivity contribution in [3.63, 3.8) is 0 Å². The Balaban J connectivity index is 1.46. The molecule has 0 bridgehead atoms. The van der Waals surface area contributed by atoms with E-state index in [1.807, 2.05) is 24.3 Å². The molecule has 0 aliphatic heterocycles. The van der Waals surface area contributed by atoms with Crippen LogP contribution in [0.15, 0.2) is 90.0 Å². The predicted molar refractivity (Wildman–Crippen MR) is 121 cm³/mol. The van der Waals surface area contributed by atoms with E-state index in [-0.39, 0.29) is 11.3 Å². The number of carbonyl (C=O) groups is 2. The highest BCUT2D eigenvalue weighted by Crippen LogP contribution is 2.25. The average molecular weight is 427 g/mol. The summed E-state index contributed by atoms with van der Waals surface area (Å²) in [5.74, 6) is -1.30. The molecule has 4 aromatic carbocycles. The fourth-order valence-electron chi connectivity index (χ4n) is 3.18. The van der Waals surface area contributed by atoms with E-state index in [1.165, 1.54) is 36.5 Å². The van der Waals surface area contributed by atoms with E-state index in [0.29, 0.717) is 16.8 Å². The normalized spacial score (nSPS) is 10.9. The number of fused-ring (bicyclic) bond motifs is 1. The number of hydrazone groups is 1. The number of anilines is 1. The lowest BCUT2D eigenvalue weighted by Crippen LogP contribution is -2.18. The summed E-state index contributed by atoms with van der Waals surface area (Å²) in [6, 6.07) is 22.4. The summed E-state index contributed by atoms with van der Waals surface area (Å²) in [4.78, 5) is 24.8. The number of nitrogens with zero attached hydrogens (tertiary/aromatic N) is 1. The van der Waals surface area contributed by atoms with Crippen molar-refractivity contribution in [1.82, 2.24) is 5.43 Å². The molecule has 0 aliphatic rings. The molecule has 158 valence electrons. The first-order valence-electron chi connectivity index (χ1n) is 9.72. The summed E-state index contributed by atoms with van der Waals surface area (Å²) in [6.45, 7) is 0. The first-order valence-corrected chi connectivity index (χ1v) is 9.72. The molecule has 0 aliphatic carbocycles. The monoisotopic (exact) mass is 427 g/mol. The molecule has 32 heavy (non-hydrogen) atoms. The Bertz CT molecular complexity index is 1330. The van der Waals surface area contributed by atoms with Crippen LogP contribution in [-0.2, 0) is 0 Å². The van der Waals surface area contributed by atoms with Crippen molar-refractivity contribution < 1.29 is 19.1 Å². The van der Waals surface area contributed by atoms with Gasteiger partial charge < -0.3 is 10.4 Å². The Morgan fingerprint density at radius 3 is 2.44 bits per heavy atom. The molecule has 4 aromatic rings. The molecule has 6 nitrogen and oxygen atoms in total. The molecule has 0 radical (unpaired) electrons. The first-order chi connectivity index (χ1) is 15.5. The molecule has 3 N–H and O–H groups in total. The van der Waals surface area contributed by atoms with Crippen molar-refractivity contribution >= 4 is 34.5 Å². The maximum Gasteiger partial charge on any atom is 0.271 e. The van der Waals surface area contributed by atoms with Gasteiger partial charge >= 0.3 is 0 Å². The molecule has 4 rings (SSSR count). The number of amides is 2. The Hall–Kier alpha value is -4.52. The second kappa shape index (κ2) is 9.09. The number of hydrogen-bond acceptors (Lipinski definition) is 4. The summed E-state index contributed by atoms with van der Waals surface area (Å²) in [6.07, 6.45) is 1.38. The van der Waals surface area contributed by atoms with Crippen LogP contribution in [0.5, 0.6) is 5.75 Å². The van der Waals surface area contributed by atoms with E-state index in [2.05, 4.69) is 15.8 Å². The van der Waals surface area contributed by atoms with Gasteiger partial charge in [0.2, 0.25) is 0 Å². The number of aromatic hydroxyl groups is 1. The summed E-state index contributed by atoms with van der Waals surface area (Å²) < 4.78 is 13.0.